The molecule has 3 amide bonds. The molecule has 0 unspecified atom stereocenters. The van der Waals surface area contributed by atoms with Gasteiger partial charge in [-0.25, -0.2) is 0 Å². The summed E-state index contributed by atoms with van der Waals surface area (Å²) in [4.78, 5) is 38.2. The van der Waals surface area contributed by atoms with Crippen molar-refractivity contribution < 1.29 is 14.4 Å². The van der Waals surface area contributed by atoms with Crippen LogP contribution < -0.4 is 16.2 Å². The maximum absolute atomic E-state index is 12.3. The number of hydrazine groups is 1. The largest absolute Gasteiger partial charge is 0.325 e. The van der Waals surface area contributed by atoms with Gasteiger partial charge in [-0.3, -0.25) is 30.1 Å². The summed E-state index contributed by atoms with van der Waals surface area (Å²) in [5.41, 5.74) is 6.95. The second-order valence-electron chi connectivity index (χ2n) is 6.44. The summed E-state index contributed by atoms with van der Waals surface area (Å²) in [5, 5.41) is 2.86. The van der Waals surface area contributed by atoms with Crippen LogP contribution in [0.1, 0.15) is 29.3 Å². The summed E-state index contributed by atoms with van der Waals surface area (Å²) in [6, 6.07) is 16.1. The normalized spacial score (nSPS) is 10.4. The van der Waals surface area contributed by atoms with Gasteiger partial charge in [-0.1, -0.05) is 43.3 Å². The zero-order valence-corrected chi connectivity index (χ0v) is 16.2. The Morgan fingerprint density at radius 2 is 1.50 bits per heavy atom. The Morgan fingerprint density at radius 1 is 0.857 bits per heavy atom. The average Bonchev–Trinajstić information content (AvgIpc) is 2.68. The molecule has 0 aliphatic heterocycles. The topological polar surface area (TPSA) is 90.5 Å². The number of amides is 3. The number of para-hydroxylation sites is 1. The summed E-state index contributed by atoms with van der Waals surface area (Å²) in [5.74, 6) is -0.974. The lowest BCUT2D eigenvalue weighted by Crippen LogP contribution is -2.47. The Bertz CT molecular complexity index is 808. The van der Waals surface area contributed by atoms with Crippen molar-refractivity contribution >= 4 is 23.4 Å². The first-order chi connectivity index (χ1) is 13.5. The Kier molecular flexibility index (Phi) is 8.17. The highest BCUT2D eigenvalue weighted by Crippen LogP contribution is 2.12. The third kappa shape index (κ3) is 6.85. The summed E-state index contributed by atoms with van der Waals surface area (Å²) >= 11 is 0. The minimum atomic E-state index is -0.395. The third-order valence-electron chi connectivity index (χ3n) is 4.04. The number of nitrogens with zero attached hydrogens (tertiary/aromatic N) is 1. The van der Waals surface area contributed by atoms with Gasteiger partial charge in [-0.05, 0) is 43.7 Å². The molecule has 0 atom stereocenters. The molecule has 28 heavy (non-hydrogen) atoms. The number of rotatable bonds is 8. The van der Waals surface area contributed by atoms with Crippen molar-refractivity contribution in [2.24, 2.45) is 0 Å². The molecule has 7 heteroatoms. The van der Waals surface area contributed by atoms with Crippen molar-refractivity contribution in [1.29, 1.82) is 0 Å². The minimum Gasteiger partial charge on any atom is -0.325 e. The van der Waals surface area contributed by atoms with E-state index in [2.05, 4.69) is 16.2 Å². The van der Waals surface area contributed by atoms with Gasteiger partial charge in [0.05, 0.1) is 13.1 Å². The van der Waals surface area contributed by atoms with E-state index < -0.39 is 5.91 Å². The van der Waals surface area contributed by atoms with Crippen molar-refractivity contribution in [3.8, 4) is 0 Å². The fraction of sp³-hybridized carbons (Fsp3) is 0.286. The van der Waals surface area contributed by atoms with E-state index in [1.165, 1.54) is 0 Å². The predicted octanol–water partition coefficient (Wildman–Crippen LogP) is 2.11. The van der Waals surface area contributed by atoms with Gasteiger partial charge in [0.2, 0.25) is 5.91 Å². The molecule has 2 aromatic carbocycles. The molecular formula is C21H26N4O3. The third-order valence-corrected chi connectivity index (χ3v) is 4.04. The molecule has 2 rings (SSSR count). The van der Waals surface area contributed by atoms with Crippen LogP contribution in [0.4, 0.5) is 5.69 Å². The monoisotopic (exact) mass is 382 g/mol. The van der Waals surface area contributed by atoms with Gasteiger partial charge < -0.3 is 5.32 Å². The fourth-order valence-electron chi connectivity index (χ4n) is 2.67. The van der Waals surface area contributed by atoms with E-state index in [9.17, 15) is 14.4 Å². The van der Waals surface area contributed by atoms with Gasteiger partial charge in [0, 0.05) is 11.3 Å². The highest BCUT2D eigenvalue weighted by atomic mass is 16.2. The van der Waals surface area contributed by atoms with Crippen LogP contribution in [-0.4, -0.2) is 42.3 Å². The van der Waals surface area contributed by atoms with E-state index in [1.807, 2.05) is 38.1 Å². The molecule has 0 bridgehead atoms. The SMILES string of the molecule is CCCN(CC(=O)NNC(=O)c1ccccc1)CC(=O)Nc1ccccc1C. The number of aryl methyl sites for hydroxylation is 1. The van der Waals surface area contributed by atoms with Crippen molar-refractivity contribution in [2.45, 2.75) is 20.3 Å². The van der Waals surface area contributed by atoms with E-state index >= 15 is 0 Å². The molecule has 148 valence electrons. The Hall–Kier alpha value is -3.19. The quantitative estimate of drug-likeness (QED) is 0.610. The number of benzene rings is 2. The molecule has 0 aliphatic rings. The second kappa shape index (κ2) is 10.8. The molecule has 0 spiro atoms. The van der Waals surface area contributed by atoms with E-state index in [0.717, 1.165) is 17.7 Å². The van der Waals surface area contributed by atoms with Crippen LogP contribution in [0.15, 0.2) is 54.6 Å². The van der Waals surface area contributed by atoms with Gasteiger partial charge in [0.1, 0.15) is 0 Å². The molecule has 0 aromatic heterocycles. The number of carbonyl (C=O) groups is 3. The molecule has 7 nitrogen and oxygen atoms in total. The maximum atomic E-state index is 12.3. The maximum Gasteiger partial charge on any atom is 0.269 e. The summed E-state index contributed by atoms with van der Waals surface area (Å²) in [6.45, 7) is 4.57. The Balaban J connectivity index is 1.84. The van der Waals surface area contributed by atoms with Crippen LogP contribution in [0.25, 0.3) is 0 Å². The van der Waals surface area contributed by atoms with Gasteiger partial charge in [0.15, 0.2) is 0 Å². The van der Waals surface area contributed by atoms with Crippen molar-refractivity contribution in [3.63, 3.8) is 0 Å². The van der Waals surface area contributed by atoms with Crippen molar-refractivity contribution in [3.05, 3.63) is 65.7 Å². The van der Waals surface area contributed by atoms with Crippen LogP contribution in [0, 0.1) is 6.92 Å². The highest BCUT2D eigenvalue weighted by molar-refractivity contribution is 5.96. The summed E-state index contributed by atoms with van der Waals surface area (Å²) in [6.07, 6.45) is 0.793. The molecule has 0 heterocycles. The lowest BCUT2D eigenvalue weighted by Gasteiger charge is -2.21. The number of hydrogen-bond donors (Lipinski definition) is 3. The lowest BCUT2D eigenvalue weighted by atomic mass is 10.2. The van der Waals surface area contributed by atoms with Crippen LogP contribution in [0.2, 0.25) is 0 Å². The molecule has 0 saturated heterocycles. The second-order valence-corrected chi connectivity index (χ2v) is 6.44. The fourth-order valence-corrected chi connectivity index (χ4v) is 2.67. The number of nitrogens with one attached hydrogen (secondary N) is 3. The lowest BCUT2D eigenvalue weighted by molar-refractivity contribution is -0.124. The van der Waals surface area contributed by atoms with E-state index in [-0.39, 0.29) is 24.9 Å². The summed E-state index contributed by atoms with van der Waals surface area (Å²) in [7, 11) is 0. The van der Waals surface area contributed by atoms with Crippen LogP contribution in [0.5, 0.6) is 0 Å². The number of carbonyl (C=O) groups excluding carboxylic acids is 3. The molecule has 0 saturated carbocycles. The average molecular weight is 382 g/mol. The highest BCUT2D eigenvalue weighted by Gasteiger charge is 2.15. The van der Waals surface area contributed by atoms with Crippen molar-refractivity contribution in [1.82, 2.24) is 15.8 Å². The smallest absolute Gasteiger partial charge is 0.269 e. The van der Waals surface area contributed by atoms with E-state index in [1.54, 1.807) is 35.2 Å². The Morgan fingerprint density at radius 3 is 2.18 bits per heavy atom. The number of hydrogen-bond acceptors (Lipinski definition) is 4. The molecule has 0 radical (unpaired) electrons. The van der Waals surface area contributed by atoms with Gasteiger partial charge in [0.25, 0.3) is 11.8 Å². The Labute approximate surface area is 165 Å². The van der Waals surface area contributed by atoms with E-state index in [4.69, 9.17) is 0 Å². The van der Waals surface area contributed by atoms with Gasteiger partial charge in [-0.2, -0.15) is 0 Å². The van der Waals surface area contributed by atoms with Crippen LogP contribution in [-0.2, 0) is 9.59 Å². The standard InChI is InChI=1S/C21H26N4O3/c1-3-13-25(14-19(26)22-18-12-8-7-9-16(18)2)15-20(27)23-24-21(28)17-10-5-4-6-11-17/h4-12H,3,13-15H2,1-2H3,(H,22,26)(H,23,27)(H,24,28). The first-order valence-corrected chi connectivity index (χ1v) is 9.21. The first-order valence-electron chi connectivity index (χ1n) is 9.21. The van der Waals surface area contributed by atoms with Crippen LogP contribution >= 0.6 is 0 Å². The minimum absolute atomic E-state index is 0.00407. The van der Waals surface area contributed by atoms with Crippen molar-refractivity contribution in [2.75, 3.05) is 25.0 Å². The van der Waals surface area contributed by atoms with Gasteiger partial charge >= 0.3 is 0 Å². The van der Waals surface area contributed by atoms with Gasteiger partial charge in [-0.15, -0.1) is 0 Å². The van der Waals surface area contributed by atoms with E-state index in [0.29, 0.717) is 12.1 Å². The molecule has 0 fully saturated rings. The van der Waals surface area contributed by atoms with Crippen LogP contribution in [0.3, 0.4) is 0 Å². The zero-order valence-electron chi connectivity index (χ0n) is 16.2. The molecular weight excluding hydrogens is 356 g/mol. The number of anilines is 1. The molecule has 3 N–H and O–H groups in total. The predicted molar refractivity (Wildman–Crippen MR) is 109 cm³/mol. The first kappa shape index (κ1) is 21.1. The molecule has 2 aromatic rings. The zero-order chi connectivity index (χ0) is 20.4. The molecule has 0 aliphatic carbocycles. The summed E-state index contributed by atoms with van der Waals surface area (Å²) < 4.78 is 0.